The summed E-state index contributed by atoms with van der Waals surface area (Å²) in [6.45, 7) is 25.8. The zero-order valence-corrected chi connectivity index (χ0v) is 40.6. The molecule has 15 heteroatoms. The molecular weight excluding hydrogens is 811 g/mol. The molecular formula is C48H75N3O12. The molecule has 354 valence electrons. The summed E-state index contributed by atoms with van der Waals surface area (Å²) in [5, 5.41) is 33.6. The Morgan fingerprint density at radius 2 is 0.619 bits per heavy atom. The SMILES string of the molecule is CN1C(C)(C)CC2(CC1(C)C)OCC(Cc1c(C(=O)O)c(CC3COC4(CC(C)(C)N(C)C(C)(C)C4)O3)c(C(=O)O)c(CC3COC4(CC(C)(C)N(C)C(C)(C)C4)O3)c1C(=O)O)O2. The van der Waals surface area contributed by atoms with E-state index >= 15 is 0 Å². The minimum atomic E-state index is -1.43. The molecule has 6 aliphatic heterocycles. The van der Waals surface area contributed by atoms with Crippen LogP contribution < -0.4 is 0 Å². The maximum absolute atomic E-state index is 13.8. The summed E-state index contributed by atoms with van der Waals surface area (Å²) >= 11 is 0. The van der Waals surface area contributed by atoms with Crippen molar-refractivity contribution in [3.63, 3.8) is 0 Å². The van der Waals surface area contributed by atoms with E-state index in [2.05, 4.69) is 119 Å². The minimum absolute atomic E-state index is 0.00697. The van der Waals surface area contributed by atoms with Crippen LogP contribution in [-0.2, 0) is 47.7 Å². The number of rotatable bonds is 9. The van der Waals surface area contributed by atoms with Crippen LogP contribution in [0.15, 0.2) is 0 Å². The molecule has 3 unspecified atom stereocenters. The lowest BCUT2D eigenvalue weighted by Gasteiger charge is -2.56. The molecule has 0 radical (unpaired) electrons. The summed E-state index contributed by atoms with van der Waals surface area (Å²) in [7, 11) is 6.24. The van der Waals surface area contributed by atoms with Gasteiger partial charge in [-0.1, -0.05) is 0 Å². The number of carboxylic acid groups (broad SMARTS) is 3. The van der Waals surface area contributed by atoms with Crippen molar-refractivity contribution in [1.82, 2.24) is 14.7 Å². The van der Waals surface area contributed by atoms with E-state index in [1.54, 1.807) is 0 Å². The van der Waals surface area contributed by atoms with E-state index in [9.17, 15) is 29.7 Å². The summed E-state index contributed by atoms with van der Waals surface area (Å²) in [6, 6.07) is 0. The van der Waals surface area contributed by atoms with Gasteiger partial charge in [0, 0.05) is 91.0 Å². The molecule has 6 fully saturated rings. The number of carbonyl (C=O) groups is 3. The monoisotopic (exact) mass is 886 g/mol. The van der Waals surface area contributed by atoms with Crippen molar-refractivity contribution in [3.05, 3.63) is 33.4 Å². The summed E-state index contributed by atoms with van der Waals surface area (Å²) in [6.07, 6.45) is 0.667. The lowest BCUT2D eigenvalue weighted by Crippen LogP contribution is -2.64. The van der Waals surface area contributed by atoms with Crippen LogP contribution in [0.25, 0.3) is 0 Å². The number of likely N-dealkylation sites (tertiary alicyclic amines) is 3. The van der Waals surface area contributed by atoms with Crippen LogP contribution in [0.3, 0.4) is 0 Å². The van der Waals surface area contributed by atoms with Gasteiger partial charge in [0.05, 0.1) is 54.8 Å². The largest absolute Gasteiger partial charge is 0.478 e. The molecule has 0 amide bonds. The fraction of sp³-hybridized carbons (Fsp3) is 0.812. The summed E-state index contributed by atoms with van der Waals surface area (Å²) < 4.78 is 40.0. The smallest absolute Gasteiger partial charge is 0.336 e. The van der Waals surface area contributed by atoms with Gasteiger partial charge < -0.3 is 43.7 Å². The lowest BCUT2D eigenvalue weighted by molar-refractivity contribution is -0.242. The van der Waals surface area contributed by atoms with Crippen molar-refractivity contribution < 1.29 is 58.1 Å². The van der Waals surface area contributed by atoms with Crippen molar-refractivity contribution in [2.24, 2.45) is 0 Å². The van der Waals surface area contributed by atoms with E-state index < -0.39 is 53.6 Å². The lowest BCUT2D eigenvalue weighted by atomic mass is 9.76. The first-order chi connectivity index (χ1) is 28.7. The van der Waals surface area contributed by atoms with Crippen molar-refractivity contribution in [2.75, 3.05) is 41.0 Å². The zero-order chi connectivity index (χ0) is 46.9. The number of piperidine rings is 3. The molecule has 15 nitrogen and oxygen atoms in total. The Balaban J connectivity index is 1.32. The van der Waals surface area contributed by atoms with E-state index in [-0.39, 0.29) is 106 Å². The topological polar surface area (TPSA) is 177 Å². The molecule has 0 aromatic heterocycles. The number of carboxylic acids is 3. The van der Waals surface area contributed by atoms with Gasteiger partial charge in [-0.25, -0.2) is 14.4 Å². The predicted molar refractivity (Wildman–Crippen MR) is 235 cm³/mol. The highest BCUT2D eigenvalue weighted by atomic mass is 16.8. The summed E-state index contributed by atoms with van der Waals surface area (Å²) in [5.74, 6) is -7.25. The van der Waals surface area contributed by atoms with Crippen LogP contribution in [0, 0.1) is 0 Å². The molecule has 6 aliphatic rings. The Labute approximate surface area is 374 Å². The first-order valence-electron chi connectivity index (χ1n) is 22.8. The molecule has 6 heterocycles. The zero-order valence-electron chi connectivity index (χ0n) is 40.6. The molecule has 1 aromatic rings. The van der Waals surface area contributed by atoms with Gasteiger partial charge in [-0.2, -0.15) is 0 Å². The van der Waals surface area contributed by atoms with Gasteiger partial charge in [-0.05, 0) is 121 Å². The van der Waals surface area contributed by atoms with Crippen LogP contribution in [0.4, 0.5) is 0 Å². The second kappa shape index (κ2) is 15.4. The third-order valence-electron chi connectivity index (χ3n) is 16.1. The average Bonchev–Trinajstić information content (AvgIpc) is 3.79. The number of nitrogens with zero attached hydrogens (tertiary/aromatic N) is 3. The Bertz CT molecular complexity index is 1720. The predicted octanol–water partition coefficient (Wildman–Crippen LogP) is 6.59. The van der Waals surface area contributed by atoms with E-state index in [4.69, 9.17) is 28.4 Å². The van der Waals surface area contributed by atoms with Gasteiger partial charge in [0.25, 0.3) is 0 Å². The highest BCUT2D eigenvalue weighted by Gasteiger charge is 2.59. The fourth-order valence-electron chi connectivity index (χ4n) is 13.0. The molecule has 63 heavy (non-hydrogen) atoms. The van der Waals surface area contributed by atoms with E-state index in [0.29, 0.717) is 38.5 Å². The third kappa shape index (κ3) is 8.61. The fourth-order valence-corrected chi connectivity index (χ4v) is 13.0. The quantitative estimate of drug-likeness (QED) is 0.242. The van der Waals surface area contributed by atoms with Crippen molar-refractivity contribution in [1.29, 1.82) is 0 Å². The summed E-state index contributed by atoms with van der Waals surface area (Å²) in [4.78, 5) is 48.2. The van der Waals surface area contributed by atoms with E-state index in [1.165, 1.54) is 0 Å². The Hall–Kier alpha value is -2.73. The van der Waals surface area contributed by atoms with Crippen LogP contribution in [-0.4, -0.2) is 158 Å². The first kappa shape index (κ1) is 48.2. The van der Waals surface area contributed by atoms with Crippen LogP contribution in [0.1, 0.15) is 169 Å². The Morgan fingerprint density at radius 1 is 0.429 bits per heavy atom. The molecule has 0 saturated carbocycles. The Morgan fingerprint density at radius 3 is 0.794 bits per heavy atom. The average molecular weight is 886 g/mol. The molecule has 7 rings (SSSR count). The molecule has 3 N–H and O–H groups in total. The standard InChI is InChI=1S/C48H75N3O12/c1-40(2)22-46(23-41(3,4)49(40)13)58-19-28(61-46)16-31-34(37(52)53)32(17-29-20-59-47(62-29)24-42(5,6)50(14)43(7,8)25-47)36(39(56)57)33(35(31)38(54)55)18-30-21-60-48(63-30)26-44(9,10)51(15)45(11,12)27-48/h28-30H,16-27H2,1-15H3,(H,52,53)(H,54,55)(H,56,57). The highest BCUT2D eigenvalue weighted by molar-refractivity contribution is 6.05. The van der Waals surface area contributed by atoms with Gasteiger partial charge in [0.1, 0.15) is 0 Å². The maximum atomic E-state index is 13.8. The third-order valence-corrected chi connectivity index (χ3v) is 16.1. The minimum Gasteiger partial charge on any atom is -0.478 e. The highest BCUT2D eigenvalue weighted by Crippen LogP contribution is 2.51. The number of hydrogen-bond donors (Lipinski definition) is 3. The van der Waals surface area contributed by atoms with Crippen molar-refractivity contribution in [3.8, 4) is 0 Å². The van der Waals surface area contributed by atoms with Crippen LogP contribution in [0.5, 0.6) is 0 Å². The van der Waals surface area contributed by atoms with Crippen molar-refractivity contribution in [2.45, 2.75) is 210 Å². The van der Waals surface area contributed by atoms with Gasteiger partial charge in [-0.3, -0.25) is 14.7 Å². The summed E-state index contributed by atoms with van der Waals surface area (Å²) in [5.41, 5.74) is -2.97. The van der Waals surface area contributed by atoms with Gasteiger partial charge in [0.15, 0.2) is 17.4 Å². The van der Waals surface area contributed by atoms with E-state index in [0.717, 1.165) is 0 Å². The van der Waals surface area contributed by atoms with Gasteiger partial charge in [0.2, 0.25) is 0 Å². The van der Waals surface area contributed by atoms with Crippen LogP contribution in [0.2, 0.25) is 0 Å². The number of hydrogen-bond acceptors (Lipinski definition) is 12. The number of aromatic carboxylic acids is 3. The molecule has 6 saturated heterocycles. The Kier molecular flexibility index (Phi) is 11.8. The first-order valence-corrected chi connectivity index (χ1v) is 22.8. The molecule has 3 atom stereocenters. The number of benzene rings is 1. The van der Waals surface area contributed by atoms with Gasteiger partial charge >= 0.3 is 17.9 Å². The van der Waals surface area contributed by atoms with Gasteiger partial charge in [-0.15, -0.1) is 0 Å². The normalized spacial score (nSPS) is 31.2. The second-order valence-corrected chi connectivity index (χ2v) is 23.6. The molecule has 0 aliphatic carbocycles. The molecule has 1 aromatic carbocycles. The van der Waals surface area contributed by atoms with E-state index in [1.807, 2.05) is 0 Å². The second-order valence-electron chi connectivity index (χ2n) is 23.6. The van der Waals surface area contributed by atoms with Crippen molar-refractivity contribution >= 4 is 17.9 Å². The molecule has 3 spiro atoms. The van der Waals surface area contributed by atoms with Crippen LogP contribution >= 0.6 is 0 Å². The maximum Gasteiger partial charge on any atom is 0.336 e. The molecule has 0 bridgehead atoms. The number of ether oxygens (including phenoxy) is 6.